The fraction of sp³-hybridized carbons (Fsp3) is 0.200. The third kappa shape index (κ3) is 5.66. The summed E-state index contributed by atoms with van der Waals surface area (Å²) in [4.78, 5) is 0. The van der Waals surface area contributed by atoms with Crippen LogP contribution in [0.2, 0.25) is 0 Å². The summed E-state index contributed by atoms with van der Waals surface area (Å²) in [5.41, 5.74) is 2.83. The van der Waals surface area contributed by atoms with Gasteiger partial charge in [0.05, 0.1) is 0 Å². The second-order valence-electron chi connectivity index (χ2n) is 4.25. The molecule has 1 atom stereocenters. The predicted molar refractivity (Wildman–Crippen MR) is 79.9 cm³/mol. The number of rotatable bonds is 7. The molecule has 0 rings (SSSR count). The molecule has 0 spiro atoms. The van der Waals surface area contributed by atoms with Gasteiger partial charge in [-0.25, -0.2) is 0 Å². The van der Waals surface area contributed by atoms with E-state index in [0.717, 1.165) is 11.1 Å². The lowest BCUT2D eigenvalue weighted by Crippen LogP contribution is -2.12. The second-order valence-corrected chi connectivity index (χ2v) is 4.25. The minimum atomic E-state index is -1.54. The average Bonchev–Trinajstić information content (AvgIpc) is 2.33. The molecular formula is C15H21BO2. The topological polar surface area (TPSA) is 40.5 Å². The van der Waals surface area contributed by atoms with Crippen molar-refractivity contribution in [2.24, 2.45) is 5.92 Å². The first-order valence-electron chi connectivity index (χ1n) is 5.71. The first-order valence-corrected chi connectivity index (χ1v) is 5.71. The quantitative estimate of drug-likeness (QED) is 0.410. The van der Waals surface area contributed by atoms with Gasteiger partial charge in [-0.15, -0.1) is 6.58 Å². The summed E-state index contributed by atoms with van der Waals surface area (Å²) < 4.78 is 0. The van der Waals surface area contributed by atoms with Crippen LogP contribution in [0.5, 0.6) is 0 Å². The van der Waals surface area contributed by atoms with Crippen LogP contribution in [0.4, 0.5) is 0 Å². The molecule has 0 aromatic carbocycles. The van der Waals surface area contributed by atoms with Gasteiger partial charge in [0.1, 0.15) is 0 Å². The smallest absolute Gasteiger partial charge is 0.423 e. The molecule has 0 aliphatic carbocycles. The summed E-state index contributed by atoms with van der Waals surface area (Å²) in [7, 11) is -1.54. The molecule has 0 fully saturated rings. The van der Waals surface area contributed by atoms with Crippen molar-refractivity contribution in [3.05, 3.63) is 72.8 Å². The van der Waals surface area contributed by atoms with Gasteiger partial charge in [0.15, 0.2) is 0 Å². The SMILES string of the molecule is C=CC(C)/C(C)=C\C(=C)C(=C)/C=C\C(=C)B(O)O. The zero-order valence-electron chi connectivity index (χ0n) is 11.2. The largest absolute Gasteiger partial charge is 0.487 e. The van der Waals surface area contributed by atoms with E-state index >= 15 is 0 Å². The highest BCUT2D eigenvalue weighted by atomic mass is 16.4. The molecule has 0 aromatic heterocycles. The first-order chi connectivity index (χ1) is 8.29. The Morgan fingerprint density at radius 3 is 2.11 bits per heavy atom. The van der Waals surface area contributed by atoms with Crippen molar-refractivity contribution >= 4 is 7.12 Å². The summed E-state index contributed by atoms with van der Waals surface area (Å²) >= 11 is 0. The normalized spacial score (nSPS) is 13.2. The summed E-state index contributed by atoms with van der Waals surface area (Å²) in [6, 6.07) is 0. The lowest BCUT2D eigenvalue weighted by atomic mass is 9.80. The number of allylic oxidation sites excluding steroid dienone is 8. The van der Waals surface area contributed by atoms with Crippen LogP contribution in [-0.2, 0) is 0 Å². The van der Waals surface area contributed by atoms with E-state index in [0.29, 0.717) is 5.57 Å². The van der Waals surface area contributed by atoms with Gasteiger partial charge in [0.25, 0.3) is 0 Å². The maximum atomic E-state index is 8.85. The molecule has 0 amide bonds. The number of hydrogen-bond donors (Lipinski definition) is 2. The molecule has 0 aromatic rings. The van der Waals surface area contributed by atoms with Crippen LogP contribution in [-0.4, -0.2) is 17.2 Å². The van der Waals surface area contributed by atoms with Crippen molar-refractivity contribution in [2.75, 3.05) is 0 Å². The van der Waals surface area contributed by atoms with Gasteiger partial charge in [-0.05, 0) is 29.5 Å². The van der Waals surface area contributed by atoms with Crippen LogP contribution >= 0.6 is 0 Å². The fourth-order valence-corrected chi connectivity index (χ4v) is 1.09. The number of hydrogen-bond acceptors (Lipinski definition) is 2. The van der Waals surface area contributed by atoms with Crippen LogP contribution in [0.1, 0.15) is 13.8 Å². The molecule has 0 aliphatic rings. The Kier molecular flexibility index (Phi) is 7.02. The van der Waals surface area contributed by atoms with Crippen LogP contribution in [0.15, 0.2) is 72.8 Å². The van der Waals surface area contributed by atoms with Gasteiger partial charge in [-0.3, -0.25) is 0 Å². The van der Waals surface area contributed by atoms with E-state index in [4.69, 9.17) is 10.0 Å². The van der Waals surface area contributed by atoms with E-state index in [2.05, 4.69) is 33.2 Å². The summed E-state index contributed by atoms with van der Waals surface area (Å²) in [6.07, 6.45) is 6.98. The van der Waals surface area contributed by atoms with E-state index < -0.39 is 7.12 Å². The van der Waals surface area contributed by atoms with Crippen molar-refractivity contribution in [1.82, 2.24) is 0 Å². The van der Waals surface area contributed by atoms with Crippen LogP contribution < -0.4 is 0 Å². The van der Waals surface area contributed by atoms with Gasteiger partial charge < -0.3 is 10.0 Å². The molecule has 18 heavy (non-hydrogen) atoms. The first kappa shape index (κ1) is 16.4. The van der Waals surface area contributed by atoms with Crippen molar-refractivity contribution in [2.45, 2.75) is 13.8 Å². The lowest BCUT2D eigenvalue weighted by Gasteiger charge is -2.08. The average molecular weight is 244 g/mol. The third-order valence-electron chi connectivity index (χ3n) is 2.72. The lowest BCUT2D eigenvalue weighted by molar-refractivity contribution is 0.421. The predicted octanol–water partition coefficient (Wildman–Crippen LogP) is 2.99. The molecule has 2 N–H and O–H groups in total. The Morgan fingerprint density at radius 2 is 1.67 bits per heavy atom. The maximum Gasteiger partial charge on any atom is 0.487 e. The highest BCUT2D eigenvalue weighted by molar-refractivity contribution is 6.51. The molecule has 3 heteroatoms. The van der Waals surface area contributed by atoms with Crippen molar-refractivity contribution < 1.29 is 10.0 Å². The van der Waals surface area contributed by atoms with E-state index in [9.17, 15) is 0 Å². The van der Waals surface area contributed by atoms with E-state index in [1.165, 1.54) is 6.08 Å². The third-order valence-corrected chi connectivity index (χ3v) is 2.72. The maximum absolute atomic E-state index is 8.85. The molecule has 0 saturated heterocycles. The molecule has 0 aliphatic heterocycles. The Labute approximate surface area is 110 Å². The molecule has 0 heterocycles. The molecule has 0 saturated carbocycles. The Hall–Kier alpha value is -1.58. The molecular weight excluding hydrogens is 223 g/mol. The summed E-state index contributed by atoms with van der Waals surface area (Å²) in [6.45, 7) is 19.1. The van der Waals surface area contributed by atoms with Gasteiger partial charge in [-0.2, -0.15) is 0 Å². The second kappa shape index (κ2) is 7.69. The molecule has 2 nitrogen and oxygen atoms in total. The minimum absolute atomic E-state index is 0.212. The van der Waals surface area contributed by atoms with Gasteiger partial charge in [-0.1, -0.05) is 56.5 Å². The molecule has 96 valence electrons. The molecule has 1 unspecified atom stereocenters. The highest BCUT2D eigenvalue weighted by Gasteiger charge is 2.08. The molecule has 0 radical (unpaired) electrons. The zero-order chi connectivity index (χ0) is 14.3. The zero-order valence-corrected chi connectivity index (χ0v) is 11.2. The van der Waals surface area contributed by atoms with Crippen molar-refractivity contribution in [3.8, 4) is 0 Å². The van der Waals surface area contributed by atoms with Crippen LogP contribution in [0, 0.1) is 5.92 Å². The van der Waals surface area contributed by atoms with Gasteiger partial charge >= 0.3 is 7.12 Å². The highest BCUT2D eigenvalue weighted by Crippen LogP contribution is 2.17. The fourth-order valence-electron chi connectivity index (χ4n) is 1.09. The summed E-state index contributed by atoms with van der Waals surface area (Å²) in [5.74, 6) is 0.285. The Morgan fingerprint density at radius 1 is 1.11 bits per heavy atom. The van der Waals surface area contributed by atoms with Crippen LogP contribution in [0.25, 0.3) is 0 Å². The minimum Gasteiger partial charge on any atom is -0.423 e. The van der Waals surface area contributed by atoms with Gasteiger partial charge in [0.2, 0.25) is 0 Å². The summed E-state index contributed by atoms with van der Waals surface area (Å²) in [5, 5.41) is 17.7. The van der Waals surface area contributed by atoms with Crippen molar-refractivity contribution in [3.63, 3.8) is 0 Å². The Bertz CT molecular complexity index is 414. The molecule has 0 bridgehead atoms. The Balaban J connectivity index is 4.68. The van der Waals surface area contributed by atoms with Gasteiger partial charge in [0, 0.05) is 0 Å². The van der Waals surface area contributed by atoms with Crippen molar-refractivity contribution in [1.29, 1.82) is 0 Å². The van der Waals surface area contributed by atoms with Crippen LogP contribution in [0.3, 0.4) is 0 Å². The van der Waals surface area contributed by atoms with E-state index in [-0.39, 0.29) is 11.4 Å². The monoisotopic (exact) mass is 244 g/mol. The van der Waals surface area contributed by atoms with E-state index in [1.54, 1.807) is 6.08 Å². The van der Waals surface area contributed by atoms with E-state index in [1.807, 2.05) is 19.1 Å². The standard InChI is InChI=1S/C15H21BO2/c1-7-11(2)13(4)10-14(5)12(3)8-9-15(6)16(17)18/h7-11,17-18H,1,3,5-6H2,2,4H3/b9-8-,13-10-.